The van der Waals surface area contributed by atoms with E-state index in [2.05, 4.69) is 9.97 Å². The average molecular weight is 388 g/mol. The lowest BCUT2D eigenvalue weighted by atomic mass is 9.90. The third kappa shape index (κ3) is 3.69. The van der Waals surface area contributed by atoms with E-state index in [4.69, 9.17) is 4.74 Å². The summed E-state index contributed by atoms with van der Waals surface area (Å²) in [6.45, 7) is 6.49. The van der Waals surface area contributed by atoms with Gasteiger partial charge in [0.15, 0.2) is 0 Å². The van der Waals surface area contributed by atoms with Crippen molar-refractivity contribution in [2.75, 3.05) is 18.6 Å². The van der Waals surface area contributed by atoms with E-state index in [9.17, 15) is 14.4 Å². The Balaban J connectivity index is 2.11. The first-order valence-electron chi connectivity index (χ1n) is 8.59. The van der Waals surface area contributed by atoms with Crippen molar-refractivity contribution in [3.05, 3.63) is 39.7 Å². The smallest absolute Gasteiger partial charge is 0.299 e. The number of aromatic nitrogens is 3. The second-order valence-corrected chi connectivity index (χ2v) is 8.49. The van der Waals surface area contributed by atoms with E-state index < -0.39 is 16.8 Å². The fraction of sp³-hybridized carbons (Fsp3) is 0.474. The van der Waals surface area contributed by atoms with Gasteiger partial charge in [-0.05, 0) is 12.3 Å². The van der Waals surface area contributed by atoms with Crippen LogP contribution in [0, 0.1) is 23.1 Å². The highest BCUT2D eigenvalue weighted by atomic mass is 32.2. The third-order valence-electron chi connectivity index (χ3n) is 4.36. The molecular weight excluding hydrogens is 367 g/mol. The SMILES string of the molecule is CSCC1COc2nc(-c3cnc(C(C)(C)C)c(F)c3)c(C#N)c(=O)n2C1. The van der Waals surface area contributed by atoms with Crippen LogP contribution in [0.5, 0.6) is 6.01 Å². The lowest BCUT2D eigenvalue weighted by Crippen LogP contribution is -2.36. The summed E-state index contributed by atoms with van der Waals surface area (Å²) in [5.41, 5.74) is -0.355. The highest BCUT2D eigenvalue weighted by Crippen LogP contribution is 2.29. The Labute approximate surface area is 161 Å². The Bertz CT molecular complexity index is 975. The zero-order valence-electron chi connectivity index (χ0n) is 15.7. The van der Waals surface area contributed by atoms with Crippen molar-refractivity contribution >= 4 is 11.8 Å². The van der Waals surface area contributed by atoms with Crippen LogP contribution in [0.25, 0.3) is 11.3 Å². The summed E-state index contributed by atoms with van der Waals surface area (Å²) in [5, 5.41) is 9.52. The van der Waals surface area contributed by atoms with Crippen molar-refractivity contribution < 1.29 is 9.13 Å². The highest BCUT2D eigenvalue weighted by Gasteiger charge is 2.27. The maximum Gasteiger partial charge on any atom is 0.299 e. The molecule has 0 radical (unpaired) electrons. The van der Waals surface area contributed by atoms with Crippen LogP contribution >= 0.6 is 11.8 Å². The molecule has 0 saturated carbocycles. The molecule has 2 aromatic heterocycles. The van der Waals surface area contributed by atoms with Gasteiger partial charge in [-0.1, -0.05) is 20.8 Å². The second-order valence-electron chi connectivity index (χ2n) is 7.58. The molecule has 3 heterocycles. The van der Waals surface area contributed by atoms with Gasteiger partial charge in [-0.25, -0.2) is 4.39 Å². The minimum absolute atomic E-state index is 0.101. The number of hydrogen-bond acceptors (Lipinski definition) is 6. The topological polar surface area (TPSA) is 80.8 Å². The Morgan fingerprint density at radius 1 is 1.48 bits per heavy atom. The fourth-order valence-corrected chi connectivity index (χ4v) is 3.75. The first-order chi connectivity index (χ1) is 12.8. The van der Waals surface area contributed by atoms with Gasteiger partial charge in [-0.15, -0.1) is 0 Å². The van der Waals surface area contributed by atoms with E-state index in [1.165, 1.54) is 16.8 Å². The van der Waals surface area contributed by atoms with E-state index in [-0.39, 0.29) is 28.7 Å². The predicted molar refractivity (Wildman–Crippen MR) is 102 cm³/mol. The Kier molecular flexibility index (Phi) is 5.24. The molecule has 0 spiro atoms. The molecule has 142 valence electrons. The number of fused-ring (bicyclic) bond motifs is 1. The van der Waals surface area contributed by atoms with Crippen molar-refractivity contribution in [2.45, 2.75) is 32.7 Å². The van der Waals surface area contributed by atoms with Gasteiger partial charge in [0.05, 0.1) is 12.3 Å². The first kappa shape index (κ1) is 19.4. The minimum atomic E-state index is -0.496. The minimum Gasteiger partial charge on any atom is -0.464 e. The van der Waals surface area contributed by atoms with E-state index in [1.807, 2.05) is 33.1 Å². The molecule has 0 N–H and O–H groups in total. The molecule has 27 heavy (non-hydrogen) atoms. The van der Waals surface area contributed by atoms with Crippen LogP contribution < -0.4 is 10.3 Å². The number of nitrogens with zero attached hydrogens (tertiary/aromatic N) is 4. The third-order valence-corrected chi connectivity index (χ3v) is 5.17. The van der Waals surface area contributed by atoms with Gasteiger partial charge in [0.1, 0.15) is 23.1 Å². The standard InChI is InChI=1S/C19H21FN4O2S/c1-19(2,3)16-14(20)5-12(7-22-16)15-13(6-21)17(25)24-8-11(10-27-4)9-26-18(24)23-15/h5,7,11H,8-10H2,1-4H3. The van der Waals surface area contributed by atoms with Crippen molar-refractivity contribution in [1.29, 1.82) is 5.26 Å². The molecule has 3 rings (SSSR count). The number of ether oxygens (including phenoxy) is 1. The van der Waals surface area contributed by atoms with Gasteiger partial charge >= 0.3 is 0 Å². The van der Waals surface area contributed by atoms with E-state index in [0.717, 1.165) is 5.75 Å². The number of rotatable bonds is 3. The number of nitriles is 1. The molecule has 1 aliphatic rings. The summed E-state index contributed by atoms with van der Waals surface area (Å²) in [4.78, 5) is 21.3. The molecule has 2 aromatic rings. The number of hydrogen-bond donors (Lipinski definition) is 0. The van der Waals surface area contributed by atoms with Gasteiger partial charge in [0.25, 0.3) is 11.6 Å². The van der Waals surface area contributed by atoms with E-state index in [1.54, 1.807) is 11.8 Å². The van der Waals surface area contributed by atoms with Crippen LogP contribution in [-0.2, 0) is 12.0 Å². The van der Waals surface area contributed by atoms with Gasteiger partial charge in [0, 0.05) is 35.4 Å². The fourth-order valence-electron chi connectivity index (χ4n) is 3.07. The summed E-state index contributed by atoms with van der Waals surface area (Å²) in [6, 6.07) is 3.35. The van der Waals surface area contributed by atoms with Gasteiger partial charge in [-0.3, -0.25) is 14.3 Å². The zero-order valence-corrected chi connectivity index (χ0v) is 16.6. The molecule has 0 saturated heterocycles. The molecule has 1 unspecified atom stereocenters. The van der Waals surface area contributed by atoms with Crippen LogP contribution in [0.2, 0.25) is 0 Å². The quantitative estimate of drug-likeness (QED) is 0.804. The molecule has 8 heteroatoms. The van der Waals surface area contributed by atoms with Crippen LogP contribution in [0.4, 0.5) is 4.39 Å². The predicted octanol–water partition coefficient (Wildman–Crippen LogP) is 2.99. The summed E-state index contributed by atoms with van der Waals surface area (Å²) < 4.78 is 21.6. The molecule has 0 aliphatic carbocycles. The summed E-state index contributed by atoms with van der Waals surface area (Å²) >= 11 is 1.67. The van der Waals surface area contributed by atoms with Crippen molar-refractivity contribution in [3.8, 4) is 23.3 Å². The summed E-state index contributed by atoms with van der Waals surface area (Å²) in [6.07, 6.45) is 3.44. The van der Waals surface area contributed by atoms with Crippen molar-refractivity contribution in [2.24, 2.45) is 5.92 Å². The lowest BCUT2D eigenvalue weighted by molar-refractivity contribution is 0.172. The number of halogens is 1. The molecule has 1 atom stereocenters. The van der Waals surface area contributed by atoms with Crippen LogP contribution in [0.1, 0.15) is 32.0 Å². The summed E-state index contributed by atoms with van der Waals surface area (Å²) in [5.74, 6) is 0.526. The van der Waals surface area contributed by atoms with Crippen molar-refractivity contribution in [3.63, 3.8) is 0 Å². The van der Waals surface area contributed by atoms with E-state index >= 15 is 0 Å². The molecule has 0 bridgehead atoms. The molecule has 0 fully saturated rings. The van der Waals surface area contributed by atoms with Crippen molar-refractivity contribution in [1.82, 2.24) is 14.5 Å². The maximum atomic E-state index is 14.6. The second kappa shape index (κ2) is 7.31. The molecule has 0 amide bonds. The Morgan fingerprint density at radius 2 is 2.22 bits per heavy atom. The lowest BCUT2D eigenvalue weighted by Gasteiger charge is -2.26. The van der Waals surface area contributed by atoms with Gasteiger partial charge < -0.3 is 4.74 Å². The monoisotopic (exact) mass is 388 g/mol. The number of pyridine rings is 1. The van der Waals surface area contributed by atoms with Gasteiger partial charge in [0.2, 0.25) is 0 Å². The molecule has 1 aliphatic heterocycles. The Hall–Kier alpha value is -2.40. The molecule has 0 aromatic carbocycles. The molecular formula is C19H21FN4O2S. The van der Waals surface area contributed by atoms with Crippen LogP contribution in [0.3, 0.4) is 0 Å². The molecule has 6 nitrogen and oxygen atoms in total. The maximum absolute atomic E-state index is 14.6. The number of thioether (sulfide) groups is 1. The van der Waals surface area contributed by atoms with Crippen LogP contribution in [0.15, 0.2) is 17.1 Å². The van der Waals surface area contributed by atoms with E-state index in [0.29, 0.717) is 18.8 Å². The summed E-state index contributed by atoms with van der Waals surface area (Å²) in [7, 11) is 0. The average Bonchev–Trinajstić information content (AvgIpc) is 2.61. The Morgan fingerprint density at radius 3 is 2.81 bits per heavy atom. The normalized spacial score (nSPS) is 16.4. The van der Waals surface area contributed by atoms with Crippen LogP contribution in [-0.4, -0.2) is 33.2 Å². The largest absolute Gasteiger partial charge is 0.464 e. The zero-order chi connectivity index (χ0) is 19.8. The van der Waals surface area contributed by atoms with Gasteiger partial charge in [-0.2, -0.15) is 22.0 Å². The first-order valence-corrected chi connectivity index (χ1v) is 9.98. The highest BCUT2D eigenvalue weighted by molar-refractivity contribution is 7.98.